The summed E-state index contributed by atoms with van der Waals surface area (Å²) in [5, 5.41) is 0. The van der Waals surface area contributed by atoms with Crippen LogP contribution in [0.4, 0.5) is 0 Å². The van der Waals surface area contributed by atoms with Crippen molar-refractivity contribution in [1.29, 1.82) is 0 Å². The fourth-order valence-electron chi connectivity index (χ4n) is 2.39. The second-order valence-electron chi connectivity index (χ2n) is 5.32. The molecule has 0 aliphatic heterocycles. The fourth-order valence-corrected chi connectivity index (χ4v) is 2.39. The lowest BCUT2D eigenvalue weighted by Gasteiger charge is -2.39. The highest BCUT2D eigenvalue weighted by Crippen LogP contribution is 2.42. The van der Waals surface area contributed by atoms with E-state index < -0.39 is 11.1 Å². The molecule has 0 spiro atoms. The fraction of sp³-hybridized carbons (Fsp3) is 0.500. The van der Waals surface area contributed by atoms with Gasteiger partial charge in [-0.25, -0.2) is 9.59 Å². The Morgan fingerprint density at radius 1 is 1.05 bits per heavy atom. The molecular formula is C16H20N2O2. The molecule has 0 fully saturated rings. The zero-order valence-corrected chi connectivity index (χ0v) is 12.2. The van der Waals surface area contributed by atoms with Gasteiger partial charge in [0.1, 0.15) is 0 Å². The molecule has 0 radical (unpaired) electrons. The Balaban J connectivity index is 3.40. The topological polar surface area (TPSA) is 58.9 Å². The first-order chi connectivity index (χ1) is 9.54. The molecule has 0 heterocycles. The zero-order chi connectivity index (χ0) is 15.1. The summed E-state index contributed by atoms with van der Waals surface area (Å²) in [7, 11) is 0. The van der Waals surface area contributed by atoms with Crippen LogP contribution < -0.4 is 0 Å². The number of carbonyl (C=O) groups excluding carboxylic acids is 2. The van der Waals surface area contributed by atoms with Crippen molar-refractivity contribution in [2.45, 2.75) is 51.1 Å². The molecule has 1 aromatic carbocycles. The number of aliphatic imine (C=N–C) groups is 2. The summed E-state index contributed by atoms with van der Waals surface area (Å²) in [5.74, 6) is 0. The van der Waals surface area contributed by atoms with E-state index in [4.69, 9.17) is 0 Å². The maximum Gasteiger partial charge on any atom is 0.237 e. The van der Waals surface area contributed by atoms with Gasteiger partial charge in [-0.15, -0.1) is 0 Å². The molecular weight excluding hydrogens is 252 g/mol. The molecule has 0 aromatic heterocycles. The smallest absolute Gasteiger partial charge is 0.211 e. The molecule has 0 aliphatic carbocycles. The Morgan fingerprint density at radius 2 is 1.60 bits per heavy atom. The Morgan fingerprint density at radius 3 is 2.05 bits per heavy atom. The van der Waals surface area contributed by atoms with Crippen LogP contribution >= 0.6 is 0 Å². The first kappa shape index (κ1) is 16.0. The molecule has 1 aromatic rings. The number of hydrogen-bond donors (Lipinski definition) is 0. The maximum atomic E-state index is 10.9. The van der Waals surface area contributed by atoms with Crippen molar-refractivity contribution in [3.8, 4) is 0 Å². The van der Waals surface area contributed by atoms with Gasteiger partial charge in [0.2, 0.25) is 12.2 Å². The predicted molar refractivity (Wildman–Crippen MR) is 78.0 cm³/mol. The van der Waals surface area contributed by atoms with E-state index in [1.807, 2.05) is 51.1 Å². The van der Waals surface area contributed by atoms with Gasteiger partial charge < -0.3 is 0 Å². The third-order valence-corrected chi connectivity index (χ3v) is 3.84. The van der Waals surface area contributed by atoms with Crippen LogP contribution in [0.3, 0.4) is 0 Å². The Kier molecular flexibility index (Phi) is 5.57. The van der Waals surface area contributed by atoms with Crippen molar-refractivity contribution in [3.63, 3.8) is 0 Å². The van der Waals surface area contributed by atoms with E-state index >= 15 is 0 Å². The van der Waals surface area contributed by atoms with Gasteiger partial charge in [0.25, 0.3) is 0 Å². The van der Waals surface area contributed by atoms with Gasteiger partial charge in [-0.1, -0.05) is 57.5 Å². The van der Waals surface area contributed by atoms with Crippen LogP contribution in [0.25, 0.3) is 0 Å². The van der Waals surface area contributed by atoms with Gasteiger partial charge in [-0.2, -0.15) is 9.98 Å². The van der Waals surface area contributed by atoms with Crippen molar-refractivity contribution >= 4 is 12.2 Å². The van der Waals surface area contributed by atoms with Crippen LogP contribution in [-0.2, 0) is 15.0 Å². The summed E-state index contributed by atoms with van der Waals surface area (Å²) in [6, 6.07) is 9.63. The van der Waals surface area contributed by atoms with Gasteiger partial charge in [0.05, 0.1) is 0 Å². The summed E-state index contributed by atoms with van der Waals surface area (Å²) in [5.41, 5.74) is -0.777. The van der Waals surface area contributed by atoms with Gasteiger partial charge in [0.15, 0.2) is 5.66 Å². The zero-order valence-electron chi connectivity index (χ0n) is 12.2. The molecule has 1 rings (SSSR count). The largest absolute Gasteiger partial charge is 0.237 e. The van der Waals surface area contributed by atoms with Crippen molar-refractivity contribution in [2.24, 2.45) is 9.98 Å². The summed E-state index contributed by atoms with van der Waals surface area (Å²) in [6.45, 7) is 5.90. The van der Waals surface area contributed by atoms with Crippen LogP contribution in [0.15, 0.2) is 40.3 Å². The summed E-state index contributed by atoms with van der Waals surface area (Å²) in [6.07, 6.45) is 5.41. The molecule has 4 heteroatoms. The molecule has 20 heavy (non-hydrogen) atoms. The third kappa shape index (κ3) is 3.11. The monoisotopic (exact) mass is 272 g/mol. The minimum Gasteiger partial charge on any atom is -0.211 e. The third-order valence-electron chi connectivity index (χ3n) is 3.84. The van der Waals surface area contributed by atoms with Crippen LogP contribution in [0, 0.1) is 0 Å². The van der Waals surface area contributed by atoms with Crippen LogP contribution in [-0.4, -0.2) is 17.8 Å². The van der Waals surface area contributed by atoms with Crippen molar-refractivity contribution in [3.05, 3.63) is 35.9 Å². The van der Waals surface area contributed by atoms with Gasteiger partial charge in [-0.3, -0.25) is 0 Å². The van der Waals surface area contributed by atoms with Crippen LogP contribution in [0.2, 0.25) is 0 Å². The number of nitrogens with zero attached hydrogens (tertiary/aromatic N) is 2. The predicted octanol–water partition coefficient (Wildman–Crippen LogP) is 3.52. The molecule has 0 amide bonds. The Labute approximate surface area is 119 Å². The average molecular weight is 272 g/mol. The van der Waals surface area contributed by atoms with Crippen LogP contribution in [0.1, 0.15) is 45.6 Å². The van der Waals surface area contributed by atoms with E-state index in [9.17, 15) is 9.59 Å². The summed E-state index contributed by atoms with van der Waals surface area (Å²) >= 11 is 0. The lowest BCUT2D eigenvalue weighted by atomic mass is 9.71. The van der Waals surface area contributed by atoms with Crippen LogP contribution in [0.5, 0.6) is 0 Å². The number of benzene rings is 1. The highest BCUT2D eigenvalue weighted by atomic mass is 16.1. The van der Waals surface area contributed by atoms with E-state index in [0.717, 1.165) is 18.4 Å². The molecule has 0 saturated heterocycles. The maximum absolute atomic E-state index is 10.9. The minimum atomic E-state index is -1.14. The molecule has 0 bridgehead atoms. The molecule has 0 saturated carbocycles. The normalized spacial score (nSPS) is 13.8. The van der Waals surface area contributed by atoms with Crippen molar-refractivity contribution in [1.82, 2.24) is 0 Å². The number of hydrogen-bond acceptors (Lipinski definition) is 4. The SMILES string of the molecule is CCCCC(N=C=O)(N=C=O)C(C)(C)c1ccccc1. The lowest BCUT2D eigenvalue weighted by molar-refractivity contribution is 0.244. The van der Waals surface area contributed by atoms with Gasteiger partial charge in [0, 0.05) is 5.41 Å². The van der Waals surface area contributed by atoms with E-state index in [2.05, 4.69) is 9.98 Å². The van der Waals surface area contributed by atoms with E-state index in [1.54, 1.807) is 12.2 Å². The average Bonchev–Trinajstić information content (AvgIpc) is 2.46. The molecule has 0 N–H and O–H groups in total. The molecule has 4 nitrogen and oxygen atoms in total. The highest BCUT2D eigenvalue weighted by Gasteiger charge is 2.46. The highest BCUT2D eigenvalue weighted by molar-refractivity contribution is 5.43. The Bertz CT molecular complexity index is 507. The summed E-state index contributed by atoms with van der Waals surface area (Å²) in [4.78, 5) is 29.5. The first-order valence-electron chi connectivity index (χ1n) is 6.77. The Hall–Kier alpha value is -2.02. The minimum absolute atomic E-state index is 0.510. The molecule has 0 aliphatic rings. The molecule has 106 valence electrons. The second kappa shape index (κ2) is 6.95. The number of rotatable bonds is 7. The van der Waals surface area contributed by atoms with Crippen molar-refractivity contribution in [2.75, 3.05) is 0 Å². The lowest BCUT2D eigenvalue weighted by Crippen LogP contribution is -2.45. The van der Waals surface area contributed by atoms with E-state index in [0.29, 0.717) is 6.42 Å². The van der Waals surface area contributed by atoms with E-state index in [-0.39, 0.29) is 0 Å². The standard InChI is InChI=1S/C16H20N2O2/c1-4-5-11-16(17-12-19,18-13-20)15(2,3)14-9-7-6-8-10-14/h6-10H,4-5,11H2,1-3H3. The number of unbranched alkanes of at least 4 members (excludes halogenated alkanes) is 1. The quantitative estimate of drug-likeness (QED) is 0.563. The van der Waals surface area contributed by atoms with Crippen molar-refractivity contribution < 1.29 is 9.59 Å². The summed E-state index contributed by atoms with van der Waals surface area (Å²) < 4.78 is 0. The van der Waals surface area contributed by atoms with Gasteiger partial charge >= 0.3 is 0 Å². The van der Waals surface area contributed by atoms with E-state index in [1.165, 1.54) is 0 Å². The number of isocyanates is 2. The molecule has 0 unspecified atom stereocenters. The first-order valence-corrected chi connectivity index (χ1v) is 6.77. The van der Waals surface area contributed by atoms with Gasteiger partial charge in [-0.05, 0) is 18.4 Å². The second-order valence-corrected chi connectivity index (χ2v) is 5.32. The molecule has 0 atom stereocenters.